The van der Waals surface area contributed by atoms with Gasteiger partial charge in [0.25, 0.3) is 0 Å². The number of hydrogen-bond donors (Lipinski definition) is 3. The van der Waals surface area contributed by atoms with Crippen molar-refractivity contribution in [3.05, 3.63) is 53.6 Å². The van der Waals surface area contributed by atoms with Gasteiger partial charge in [0.1, 0.15) is 5.52 Å². The van der Waals surface area contributed by atoms with Crippen molar-refractivity contribution in [3.63, 3.8) is 0 Å². The number of hydrazone groups is 1. The Morgan fingerprint density at radius 3 is 2.52 bits per heavy atom. The van der Waals surface area contributed by atoms with Crippen LogP contribution in [0, 0.1) is 5.92 Å². The monoisotopic (exact) mass is 418 g/mol. The van der Waals surface area contributed by atoms with Crippen LogP contribution in [-0.4, -0.2) is 34.9 Å². The Morgan fingerprint density at radius 1 is 1.10 bits per heavy atom. The number of likely N-dealkylation sites (tertiary alicyclic amines) is 1. The molecule has 0 spiro atoms. The van der Waals surface area contributed by atoms with Crippen LogP contribution in [-0.2, 0) is 4.79 Å². The minimum Gasteiger partial charge on any atom is -0.382 e. The van der Waals surface area contributed by atoms with E-state index >= 15 is 0 Å². The van der Waals surface area contributed by atoms with Crippen LogP contribution < -0.4 is 17.1 Å². The van der Waals surface area contributed by atoms with Crippen molar-refractivity contribution in [3.8, 4) is 11.3 Å². The lowest BCUT2D eigenvalue weighted by Gasteiger charge is -2.32. The van der Waals surface area contributed by atoms with Crippen molar-refractivity contribution in [1.29, 1.82) is 0 Å². The predicted octanol–water partition coefficient (Wildman–Crippen LogP) is 2.69. The summed E-state index contributed by atoms with van der Waals surface area (Å²) in [6.45, 7) is 1.72. The highest BCUT2D eigenvalue weighted by atomic mass is 16.5. The van der Waals surface area contributed by atoms with Crippen LogP contribution in [0.2, 0.25) is 0 Å². The Kier molecular flexibility index (Phi) is 5.07. The van der Waals surface area contributed by atoms with Gasteiger partial charge in [0.2, 0.25) is 5.91 Å². The zero-order chi connectivity index (χ0) is 21.4. The van der Waals surface area contributed by atoms with Gasteiger partial charge in [-0.2, -0.15) is 0 Å². The summed E-state index contributed by atoms with van der Waals surface area (Å²) in [5.41, 5.74) is 11.9. The van der Waals surface area contributed by atoms with Crippen molar-refractivity contribution in [2.45, 2.75) is 31.6 Å². The van der Waals surface area contributed by atoms with E-state index < -0.39 is 0 Å². The molecule has 2 aliphatic rings. The Labute approximate surface area is 180 Å². The molecule has 1 aliphatic carbocycles. The van der Waals surface area contributed by atoms with Crippen LogP contribution in [0.4, 0.5) is 0 Å². The fourth-order valence-electron chi connectivity index (χ4n) is 4.37. The molecule has 31 heavy (non-hydrogen) atoms. The number of amidine groups is 1. The number of carbonyl (C=O) groups excluding carboxylic acids is 1. The molecule has 160 valence electrons. The Hall–Kier alpha value is -3.39. The van der Waals surface area contributed by atoms with E-state index in [0.29, 0.717) is 29.3 Å². The fraction of sp³-hybridized carbons (Fsp3) is 0.348. The predicted molar refractivity (Wildman–Crippen MR) is 119 cm³/mol. The highest BCUT2D eigenvalue weighted by Gasteiger charge is 2.35. The molecule has 2 heterocycles. The average Bonchev–Trinajstić information content (AvgIpc) is 3.58. The largest absolute Gasteiger partial charge is 0.382 e. The highest BCUT2D eigenvalue weighted by molar-refractivity contribution is 6.02. The maximum Gasteiger partial charge on any atom is 0.225 e. The number of piperidine rings is 1. The summed E-state index contributed by atoms with van der Waals surface area (Å²) in [6, 6.07) is 14.0. The lowest BCUT2D eigenvalue weighted by atomic mass is 9.88. The van der Waals surface area contributed by atoms with E-state index in [1.165, 1.54) is 5.56 Å². The Morgan fingerprint density at radius 2 is 1.84 bits per heavy atom. The molecular weight excluding hydrogens is 392 g/mol. The van der Waals surface area contributed by atoms with E-state index in [-0.39, 0.29) is 0 Å². The molecule has 5 N–H and O–H groups in total. The zero-order valence-corrected chi connectivity index (χ0v) is 17.3. The quantitative estimate of drug-likeness (QED) is 0.253. The summed E-state index contributed by atoms with van der Waals surface area (Å²) in [4.78, 5) is 14.3. The maximum absolute atomic E-state index is 12.3. The van der Waals surface area contributed by atoms with Crippen LogP contribution in [0.25, 0.3) is 22.2 Å². The highest BCUT2D eigenvalue weighted by Crippen LogP contribution is 2.35. The number of nitrogens with two attached hydrogens (primary N) is 2. The molecule has 2 fully saturated rings. The zero-order valence-electron chi connectivity index (χ0n) is 17.3. The van der Waals surface area contributed by atoms with Crippen LogP contribution in [0.15, 0.2) is 52.1 Å². The summed E-state index contributed by atoms with van der Waals surface area (Å²) in [6.07, 6.45) is 4.17. The van der Waals surface area contributed by atoms with Crippen LogP contribution in [0.5, 0.6) is 0 Å². The minimum absolute atomic E-state index is 0.290. The first-order valence-electron chi connectivity index (χ1n) is 10.7. The Balaban J connectivity index is 1.33. The second-order valence-electron chi connectivity index (χ2n) is 8.37. The summed E-state index contributed by atoms with van der Waals surface area (Å²) < 4.78 is 5.63. The van der Waals surface area contributed by atoms with E-state index in [1.54, 1.807) is 0 Å². The van der Waals surface area contributed by atoms with Crippen molar-refractivity contribution < 1.29 is 9.32 Å². The lowest BCUT2D eigenvalue weighted by Crippen LogP contribution is -2.38. The van der Waals surface area contributed by atoms with Crippen molar-refractivity contribution >= 4 is 22.6 Å². The molecule has 0 atom stereocenters. The van der Waals surface area contributed by atoms with Crippen molar-refractivity contribution in [2.75, 3.05) is 13.1 Å². The minimum atomic E-state index is 0.290. The van der Waals surface area contributed by atoms with Gasteiger partial charge >= 0.3 is 0 Å². The first-order chi connectivity index (χ1) is 15.1. The molecule has 0 unspecified atom stereocenters. The number of nitrogens with one attached hydrogen (secondary N) is 1. The summed E-state index contributed by atoms with van der Waals surface area (Å²) in [5, 5.41) is 8.86. The van der Waals surface area contributed by atoms with Gasteiger partial charge in [0.15, 0.2) is 11.6 Å². The van der Waals surface area contributed by atoms with E-state index in [9.17, 15) is 4.79 Å². The van der Waals surface area contributed by atoms with Crippen LogP contribution >= 0.6 is 0 Å². The molecule has 1 aromatic heterocycles. The summed E-state index contributed by atoms with van der Waals surface area (Å²) in [7, 11) is 0. The van der Waals surface area contributed by atoms with E-state index in [0.717, 1.165) is 60.8 Å². The van der Waals surface area contributed by atoms with Gasteiger partial charge in [-0.15, -0.1) is 5.10 Å². The number of carbonyl (C=O) groups is 1. The third-order valence-electron chi connectivity index (χ3n) is 6.33. The molecule has 1 aliphatic heterocycles. The number of fused-ring (bicyclic) bond motifs is 1. The molecule has 2 aromatic carbocycles. The molecular formula is C23H26N6O2. The number of benzene rings is 2. The van der Waals surface area contributed by atoms with Crippen molar-refractivity contribution in [2.24, 2.45) is 22.6 Å². The molecule has 0 radical (unpaired) electrons. The molecule has 8 heteroatoms. The lowest BCUT2D eigenvalue weighted by molar-refractivity contribution is -0.133. The second-order valence-corrected chi connectivity index (χ2v) is 8.37. The third-order valence-corrected chi connectivity index (χ3v) is 6.33. The van der Waals surface area contributed by atoms with Gasteiger partial charge in [-0.3, -0.25) is 4.79 Å². The van der Waals surface area contributed by atoms with E-state index in [4.69, 9.17) is 16.1 Å². The van der Waals surface area contributed by atoms with E-state index in [1.807, 2.05) is 18.2 Å². The van der Waals surface area contributed by atoms with Crippen LogP contribution in [0.1, 0.15) is 42.7 Å². The molecule has 1 amide bonds. The molecule has 0 bridgehead atoms. The number of nitrogens with zero attached hydrogens (tertiary/aromatic N) is 3. The molecule has 3 aromatic rings. The van der Waals surface area contributed by atoms with Gasteiger partial charge in [-0.1, -0.05) is 29.4 Å². The number of amides is 1. The summed E-state index contributed by atoms with van der Waals surface area (Å²) in [5.74, 6) is 7.36. The topological polar surface area (TPSA) is 123 Å². The fourth-order valence-corrected chi connectivity index (χ4v) is 4.37. The first-order valence-corrected chi connectivity index (χ1v) is 10.7. The Bertz CT molecular complexity index is 1120. The smallest absolute Gasteiger partial charge is 0.225 e. The molecule has 5 rings (SSSR count). The number of aromatic nitrogens is 1. The van der Waals surface area contributed by atoms with Crippen molar-refractivity contribution in [1.82, 2.24) is 15.6 Å². The SMILES string of the molecule is NN/N=C(\N)c1ccc2noc(-c3ccc(C4CCN(C(=O)C5CC5)CC4)cc3)c2c1. The average molecular weight is 419 g/mol. The normalized spacial score (nSPS) is 17.8. The molecule has 8 nitrogen and oxygen atoms in total. The van der Waals surface area contributed by atoms with Gasteiger partial charge in [-0.25, -0.2) is 11.4 Å². The van der Waals surface area contributed by atoms with Gasteiger partial charge in [0, 0.05) is 30.1 Å². The number of rotatable bonds is 5. The summed E-state index contributed by atoms with van der Waals surface area (Å²) >= 11 is 0. The molecule has 1 saturated heterocycles. The van der Waals surface area contributed by atoms with Gasteiger partial charge < -0.3 is 15.2 Å². The number of hydrazine groups is 1. The third kappa shape index (κ3) is 3.86. The number of hydrogen-bond acceptors (Lipinski definition) is 6. The van der Waals surface area contributed by atoms with E-state index in [2.05, 4.69) is 45.0 Å². The van der Waals surface area contributed by atoms with Gasteiger partial charge in [-0.05, 0) is 55.4 Å². The first kappa shape index (κ1) is 19.6. The second kappa shape index (κ2) is 8.03. The molecule has 1 saturated carbocycles. The standard InChI is InChI=1S/C23H26N6O2/c24-22(26-28-25)18-7-8-20-19(13-18)21(31-27-20)16-3-1-14(2-4-16)15-9-11-29(12-10-15)23(30)17-5-6-17/h1-4,7-8,13,15,17,28H,5-6,9-12,25H2,(H2,24,26). The van der Waals surface area contributed by atoms with Crippen LogP contribution in [0.3, 0.4) is 0 Å². The maximum atomic E-state index is 12.3. The van der Waals surface area contributed by atoms with Gasteiger partial charge in [0.05, 0.1) is 5.39 Å².